The van der Waals surface area contributed by atoms with Crippen LogP contribution in [0, 0.1) is 13.8 Å². The fraction of sp³-hybridized carbons (Fsp3) is 0.333. The predicted octanol–water partition coefficient (Wildman–Crippen LogP) is 1.61. The van der Waals surface area contributed by atoms with E-state index in [0.29, 0.717) is 5.56 Å². The quantitative estimate of drug-likeness (QED) is 0.780. The molecule has 0 radical (unpaired) electrons. The third kappa shape index (κ3) is 3.05. The van der Waals surface area contributed by atoms with Crippen molar-refractivity contribution >= 4 is 22.8 Å². The predicted molar refractivity (Wildman–Crippen MR) is 78.5 cm³/mol. The lowest BCUT2D eigenvalue weighted by Gasteiger charge is -2.11. The molecular weight excluding hydrogens is 272 g/mol. The minimum absolute atomic E-state index is 0.0755. The highest BCUT2D eigenvalue weighted by Crippen LogP contribution is 2.22. The zero-order chi connectivity index (χ0) is 15.6. The van der Waals surface area contributed by atoms with E-state index in [2.05, 4.69) is 10.3 Å². The number of amides is 1. The van der Waals surface area contributed by atoms with Crippen LogP contribution in [0.5, 0.6) is 0 Å². The molecule has 6 heteroatoms. The number of carboxylic acid groups (broad SMARTS) is 1. The first-order valence-electron chi connectivity index (χ1n) is 6.56. The number of hydrogen-bond donors (Lipinski definition) is 3. The molecule has 21 heavy (non-hydrogen) atoms. The number of rotatable bonds is 5. The molecular formula is C15H18N2O4. The van der Waals surface area contributed by atoms with Gasteiger partial charge in [-0.15, -0.1) is 0 Å². The Balaban J connectivity index is 2.16. The Bertz CT molecular complexity index is 690. The van der Waals surface area contributed by atoms with Gasteiger partial charge in [0.15, 0.2) is 6.10 Å². The van der Waals surface area contributed by atoms with Gasteiger partial charge in [0.2, 0.25) is 0 Å². The van der Waals surface area contributed by atoms with Gasteiger partial charge in [-0.05, 0) is 37.6 Å². The zero-order valence-corrected chi connectivity index (χ0v) is 12.2. The van der Waals surface area contributed by atoms with E-state index in [4.69, 9.17) is 9.84 Å². The van der Waals surface area contributed by atoms with Crippen LogP contribution in [0.4, 0.5) is 0 Å². The highest BCUT2D eigenvalue weighted by atomic mass is 16.5. The first kappa shape index (κ1) is 15.1. The Hall–Kier alpha value is -2.34. The van der Waals surface area contributed by atoms with Crippen LogP contribution < -0.4 is 5.32 Å². The van der Waals surface area contributed by atoms with Crippen molar-refractivity contribution in [3.05, 3.63) is 35.0 Å². The molecule has 0 aliphatic heterocycles. The summed E-state index contributed by atoms with van der Waals surface area (Å²) in [7, 11) is 1.29. The number of aryl methyl sites for hydroxylation is 2. The van der Waals surface area contributed by atoms with Crippen molar-refractivity contribution in [3.8, 4) is 0 Å². The van der Waals surface area contributed by atoms with Gasteiger partial charge in [-0.2, -0.15) is 0 Å². The summed E-state index contributed by atoms with van der Waals surface area (Å²) >= 11 is 0. The first-order valence-corrected chi connectivity index (χ1v) is 6.56. The number of carboxylic acids is 1. The fourth-order valence-electron chi connectivity index (χ4n) is 2.16. The second kappa shape index (κ2) is 5.97. The van der Waals surface area contributed by atoms with E-state index in [9.17, 15) is 9.59 Å². The smallest absolute Gasteiger partial charge is 0.334 e. The maximum Gasteiger partial charge on any atom is 0.334 e. The lowest BCUT2D eigenvalue weighted by molar-refractivity contribution is -0.148. The summed E-state index contributed by atoms with van der Waals surface area (Å²) < 4.78 is 4.77. The molecule has 1 amide bonds. The van der Waals surface area contributed by atoms with Crippen LogP contribution in [0.3, 0.4) is 0 Å². The summed E-state index contributed by atoms with van der Waals surface area (Å²) in [5.41, 5.74) is 3.62. The molecule has 6 nitrogen and oxygen atoms in total. The van der Waals surface area contributed by atoms with Crippen molar-refractivity contribution in [2.45, 2.75) is 20.0 Å². The fourth-order valence-corrected chi connectivity index (χ4v) is 2.16. The molecule has 2 aromatic rings. The Morgan fingerprint density at radius 3 is 2.71 bits per heavy atom. The van der Waals surface area contributed by atoms with Crippen molar-refractivity contribution in [2.24, 2.45) is 0 Å². The van der Waals surface area contributed by atoms with Crippen molar-refractivity contribution in [3.63, 3.8) is 0 Å². The number of aliphatic carboxylic acids is 1. The lowest BCUT2D eigenvalue weighted by Crippen LogP contribution is -2.37. The molecule has 0 aliphatic rings. The van der Waals surface area contributed by atoms with E-state index < -0.39 is 12.1 Å². The molecule has 3 N–H and O–H groups in total. The van der Waals surface area contributed by atoms with Gasteiger partial charge in [0, 0.05) is 29.3 Å². The van der Waals surface area contributed by atoms with Gasteiger partial charge in [-0.1, -0.05) is 0 Å². The van der Waals surface area contributed by atoms with Crippen molar-refractivity contribution in [1.29, 1.82) is 0 Å². The average molecular weight is 290 g/mol. The van der Waals surface area contributed by atoms with Crippen molar-refractivity contribution in [1.82, 2.24) is 10.3 Å². The molecule has 1 aromatic heterocycles. The van der Waals surface area contributed by atoms with Crippen LogP contribution in [0.2, 0.25) is 0 Å². The standard InChI is InChI=1S/C15H18N2O4/c1-8-9(2)17-12-5-4-10(6-11(8)12)14(18)16-7-13(21-3)15(19)20/h4-6,13,17H,7H2,1-3H3,(H,16,18)(H,19,20). The number of ether oxygens (including phenoxy) is 1. The Labute approximate surface area is 122 Å². The van der Waals surface area contributed by atoms with E-state index in [-0.39, 0.29) is 12.5 Å². The van der Waals surface area contributed by atoms with Crippen molar-refractivity contribution < 1.29 is 19.4 Å². The Morgan fingerprint density at radius 1 is 1.38 bits per heavy atom. The van der Waals surface area contributed by atoms with Gasteiger partial charge < -0.3 is 20.1 Å². The summed E-state index contributed by atoms with van der Waals surface area (Å²) in [5.74, 6) is -1.43. The van der Waals surface area contributed by atoms with Gasteiger partial charge in [0.05, 0.1) is 6.54 Å². The number of benzene rings is 1. The molecule has 0 spiro atoms. The molecule has 0 saturated carbocycles. The maximum atomic E-state index is 12.1. The highest BCUT2D eigenvalue weighted by Gasteiger charge is 2.18. The molecule has 0 saturated heterocycles. The Kier molecular flexibility index (Phi) is 4.28. The Morgan fingerprint density at radius 2 is 2.10 bits per heavy atom. The second-order valence-electron chi connectivity index (χ2n) is 4.91. The van der Waals surface area contributed by atoms with Gasteiger partial charge >= 0.3 is 5.97 Å². The third-order valence-corrected chi connectivity index (χ3v) is 3.58. The van der Waals surface area contributed by atoms with E-state index in [1.54, 1.807) is 12.1 Å². The summed E-state index contributed by atoms with van der Waals surface area (Å²) in [6.07, 6.45) is -1.05. The number of carbonyl (C=O) groups excluding carboxylic acids is 1. The summed E-state index contributed by atoms with van der Waals surface area (Å²) in [4.78, 5) is 26.1. The van der Waals surface area contributed by atoms with E-state index in [0.717, 1.165) is 22.2 Å². The van der Waals surface area contributed by atoms with Crippen molar-refractivity contribution in [2.75, 3.05) is 13.7 Å². The zero-order valence-electron chi connectivity index (χ0n) is 12.2. The second-order valence-corrected chi connectivity index (χ2v) is 4.91. The molecule has 0 aliphatic carbocycles. The number of hydrogen-bond acceptors (Lipinski definition) is 3. The van der Waals surface area contributed by atoms with E-state index in [1.807, 2.05) is 19.9 Å². The summed E-state index contributed by atoms with van der Waals surface area (Å²) in [5, 5.41) is 12.4. The van der Waals surface area contributed by atoms with E-state index >= 15 is 0 Å². The van der Waals surface area contributed by atoms with E-state index in [1.165, 1.54) is 7.11 Å². The molecule has 2 rings (SSSR count). The number of carbonyl (C=O) groups is 2. The largest absolute Gasteiger partial charge is 0.479 e. The van der Waals surface area contributed by atoms with Crippen LogP contribution in [-0.2, 0) is 9.53 Å². The topological polar surface area (TPSA) is 91.4 Å². The third-order valence-electron chi connectivity index (χ3n) is 3.58. The van der Waals surface area contributed by atoms with Gasteiger partial charge in [0.25, 0.3) is 5.91 Å². The van der Waals surface area contributed by atoms with Gasteiger partial charge in [-0.25, -0.2) is 4.79 Å². The van der Waals surface area contributed by atoms with Gasteiger partial charge in [-0.3, -0.25) is 4.79 Å². The molecule has 1 unspecified atom stereocenters. The normalized spacial score (nSPS) is 12.3. The van der Waals surface area contributed by atoms with Crippen LogP contribution in [0.25, 0.3) is 10.9 Å². The average Bonchev–Trinajstić information content (AvgIpc) is 2.74. The molecule has 112 valence electrons. The summed E-state index contributed by atoms with van der Waals surface area (Å²) in [6.45, 7) is 3.89. The number of nitrogens with one attached hydrogen (secondary N) is 2. The minimum Gasteiger partial charge on any atom is -0.479 e. The number of H-pyrrole nitrogens is 1. The highest BCUT2D eigenvalue weighted by molar-refractivity contribution is 5.99. The molecule has 0 bridgehead atoms. The van der Waals surface area contributed by atoms with Crippen LogP contribution in [0.1, 0.15) is 21.6 Å². The first-order chi connectivity index (χ1) is 9.93. The lowest BCUT2D eigenvalue weighted by atomic mass is 10.1. The number of aromatic nitrogens is 1. The monoisotopic (exact) mass is 290 g/mol. The SMILES string of the molecule is COC(CNC(=O)c1ccc2[nH]c(C)c(C)c2c1)C(=O)O. The number of aromatic amines is 1. The molecule has 0 fully saturated rings. The number of methoxy groups -OCH3 is 1. The van der Waals surface area contributed by atoms with Crippen LogP contribution in [0.15, 0.2) is 18.2 Å². The van der Waals surface area contributed by atoms with Crippen LogP contribution >= 0.6 is 0 Å². The van der Waals surface area contributed by atoms with Crippen LogP contribution in [-0.4, -0.2) is 41.7 Å². The molecule has 1 aromatic carbocycles. The molecule has 1 heterocycles. The summed E-state index contributed by atoms with van der Waals surface area (Å²) in [6, 6.07) is 5.34. The number of fused-ring (bicyclic) bond motifs is 1. The minimum atomic E-state index is -1.11. The molecule has 1 atom stereocenters. The van der Waals surface area contributed by atoms with Gasteiger partial charge in [0.1, 0.15) is 0 Å². The maximum absolute atomic E-state index is 12.1.